The average Bonchev–Trinajstić information content (AvgIpc) is 3.02. The summed E-state index contributed by atoms with van der Waals surface area (Å²) in [4.78, 5) is 25.9. The number of nitrogens with zero attached hydrogens (tertiary/aromatic N) is 1. The van der Waals surface area contributed by atoms with Crippen LogP contribution in [0.3, 0.4) is 0 Å². The van der Waals surface area contributed by atoms with Crippen LogP contribution in [0.15, 0.2) is 54.1 Å². The van der Waals surface area contributed by atoms with E-state index in [4.69, 9.17) is 9.47 Å². The molecule has 0 bridgehead atoms. The van der Waals surface area contributed by atoms with Crippen molar-refractivity contribution in [3.8, 4) is 0 Å². The summed E-state index contributed by atoms with van der Waals surface area (Å²) < 4.78 is 10.7. The van der Waals surface area contributed by atoms with Crippen molar-refractivity contribution in [2.24, 2.45) is 0 Å². The van der Waals surface area contributed by atoms with Crippen molar-refractivity contribution in [3.63, 3.8) is 0 Å². The van der Waals surface area contributed by atoms with E-state index in [0.29, 0.717) is 25.3 Å². The number of hydrogen-bond acceptors (Lipinski definition) is 5. The minimum Gasteiger partial charge on any atom is -0.460 e. The molecule has 0 radical (unpaired) electrons. The molecule has 1 aliphatic carbocycles. The van der Waals surface area contributed by atoms with Gasteiger partial charge in [-0.3, -0.25) is 14.5 Å². The number of allylic oxidation sites excluding steroid dienone is 3. The van der Waals surface area contributed by atoms with Crippen LogP contribution in [-0.2, 0) is 25.7 Å². The van der Waals surface area contributed by atoms with Crippen LogP contribution in [0.25, 0.3) is 0 Å². The van der Waals surface area contributed by atoms with Crippen molar-refractivity contribution in [2.45, 2.75) is 19.1 Å². The van der Waals surface area contributed by atoms with Crippen molar-refractivity contribution in [3.05, 3.63) is 59.7 Å². The topological polar surface area (TPSA) is 55.8 Å². The molecule has 5 heteroatoms. The van der Waals surface area contributed by atoms with Crippen LogP contribution in [0.2, 0.25) is 0 Å². The van der Waals surface area contributed by atoms with Crippen LogP contribution < -0.4 is 0 Å². The monoisotopic (exact) mass is 313 g/mol. The normalized spacial score (nSPS) is 21.3. The molecule has 23 heavy (non-hydrogen) atoms. The molecule has 0 aromatic heterocycles. The maximum Gasteiger partial charge on any atom is 0.320 e. The molecule has 1 saturated heterocycles. The van der Waals surface area contributed by atoms with E-state index < -0.39 is 0 Å². The molecule has 0 unspecified atom stereocenters. The maximum absolute atomic E-state index is 12.0. The first-order chi connectivity index (χ1) is 11.2. The molecule has 0 N–H and O–H groups in total. The van der Waals surface area contributed by atoms with E-state index >= 15 is 0 Å². The molecule has 0 spiro atoms. The van der Waals surface area contributed by atoms with E-state index in [-0.39, 0.29) is 30.9 Å². The average molecular weight is 313 g/mol. The second kappa shape index (κ2) is 7.35. The lowest BCUT2D eigenvalue weighted by atomic mass is 9.96. The Morgan fingerprint density at radius 2 is 2.13 bits per heavy atom. The predicted octanol–water partition coefficient (Wildman–Crippen LogP) is 1.84. The molecular formula is C18H19NO4. The fourth-order valence-corrected chi connectivity index (χ4v) is 2.72. The first-order valence-corrected chi connectivity index (χ1v) is 7.65. The fourth-order valence-electron chi connectivity index (χ4n) is 2.72. The van der Waals surface area contributed by atoms with Gasteiger partial charge >= 0.3 is 5.97 Å². The number of hydrogen-bond donors (Lipinski definition) is 0. The van der Waals surface area contributed by atoms with Gasteiger partial charge in [0.2, 0.25) is 0 Å². The molecule has 5 nitrogen and oxygen atoms in total. The zero-order chi connectivity index (χ0) is 16.1. The first kappa shape index (κ1) is 15.6. The van der Waals surface area contributed by atoms with Gasteiger partial charge in [-0.05, 0) is 5.56 Å². The highest BCUT2D eigenvalue weighted by Gasteiger charge is 2.33. The Labute approximate surface area is 135 Å². The summed E-state index contributed by atoms with van der Waals surface area (Å²) in [5.41, 5.74) is 1.66. The Morgan fingerprint density at radius 3 is 2.91 bits per heavy atom. The highest BCUT2D eigenvalue weighted by molar-refractivity contribution is 5.98. The molecule has 3 rings (SSSR count). The summed E-state index contributed by atoms with van der Waals surface area (Å²) in [5, 5.41) is 0. The van der Waals surface area contributed by atoms with Gasteiger partial charge in [-0.25, -0.2) is 0 Å². The third kappa shape index (κ3) is 3.94. The van der Waals surface area contributed by atoms with Gasteiger partial charge in [-0.15, -0.1) is 0 Å². The van der Waals surface area contributed by atoms with E-state index in [9.17, 15) is 9.59 Å². The van der Waals surface area contributed by atoms with Crippen molar-refractivity contribution in [1.29, 1.82) is 0 Å². The largest absolute Gasteiger partial charge is 0.460 e. The molecule has 0 amide bonds. The van der Waals surface area contributed by atoms with Crippen molar-refractivity contribution >= 4 is 11.8 Å². The number of carbonyl (C=O) groups is 2. The minimum atomic E-state index is -0.316. The minimum absolute atomic E-state index is 0.0886. The number of benzene rings is 1. The van der Waals surface area contributed by atoms with E-state index in [1.54, 1.807) is 0 Å². The molecule has 0 saturated carbocycles. The van der Waals surface area contributed by atoms with Crippen LogP contribution >= 0.6 is 0 Å². The van der Waals surface area contributed by atoms with Gasteiger partial charge in [-0.2, -0.15) is 0 Å². The summed E-state index contributed by atoms with van der Waals surface area (Å²) >= 11 is 0. The smallest absolute Gasteiger partial charge is 0.320 e. The molecular weight excluding hydrogens is 294 g/mol. The summed E-state index contributed by atoms with van der Waals surface area (Å²) in [6, 6.07) is 9.38. The van der Waals surface area contributed by atoms with E-state index in [2.05, 4.69) is 0 Å². The van der Waals surface area contributed by atoms with Crippen molar-refractivity contribution in [1.82, 2.24) is 4.90 Å². The zero-order valence-corrected chi connectivity index (χ0v) is 12.8. The maximum atomic E-state index is 12.0. The third-order valence-electron chi connectivity index (χ3n) is 3.94. The van der Waals surface area contributed by atoms with Gasteiger partial charge < -0.3 is 9.47 Å². The second-order valence-corrected chi connectivity index (χ2v) is 5.59. The Hall–Kier alpha value is -2.24. The second-order valence-electron chi connectivity index (χ2n) is 5.59. The predicted molar refractivity (Wildman–Crippen MR) is 84.4 cm³/mol. The molecule has 1 fully saturated rings. The van der Waals surface area contributed by atoms with Gasteiger partial charge in [-0.1, -0.05) is 48.6 Å². The van der Waals surface area contributed by atoms with Crippen LogP contribution in [0.4, 0.5) is 0 Å². The van der Waals surface area contributed by atoms with E-state index in [0.717, 1.165) is 5.56 Å². The standard InChI is InChI=1S/C18H19NO4/c20-17-9-5-4-8-15(17)16-12-22-13-19(16)10-18(21)23-11-14-6-2-1-3-7-14/h1-8,16H,9-13H2/t16-/m0/s1. The Bertz CT molecular complexity index is 636. The van der Waals surface area contributed by atoms with Gasteiger partial charge in [0.15, 0.2) is 5.78 Å². The molecule has 1 heterocycles. The SMILES string of the molecule is O=C(CN1COC[C@H]1C1=CC=CCC1=O)OCc1ccccc1. The Morgan fingerprint density at radius 1 is 1.30 bits per heavy atom. The molecule has 120 valence electrons. The van der Waals surface area contributed by atoms with Crippen LogP contribution in [0.1, 0.15) is 12.0 Å². The van der Waals surface area contributed by atoms with Crippen LogP contribution in [-0.4, -0.2) is 42.6 Å². The summed E-state index contributed by atoms with van der Waals surface area (Å²) in [7, 11) is 0. The van der Waals surface area contributed by atoms with Crippen LogP contribution in [0, 0.1) is 0 Å². The zero-order valence-electron chi connectivity index (χ0n) is 12.8. The summed E-state index contributed by atoms with van der Waals surface area (Å²) in [6.07, 6.45) is 5.93. The first-order valence-electron chi connectivity index (χ1n) is 7.65. The summed E-state index contributed by atoms with van der Waals surface area (Å²) in [5.74, 6) is -0.227. The van der Waals surface area contributed by atoms with Crippen LogP contribution in [0.5, 0.6) is 0 Å². The number of carbonyl (C=O) groups excluding carboxylic acids is 2. The molecule has 1 aliphatic heterocycles. The highest BCUT2D eigenvalue weighted by atomic mass is 16.5. The molecule has 1 aromatic rings. The number of Topliss-reactive ketones (excluding diaryl/α,β-unsaturated/α-hetero) is 1. The Kier molecular flexibility index (Phi) is 5.00. The molecule has 2 aliphatic rings. The number of ether oxygens (including phenoxy) is 2. The number of ketones is 1. The van der Waals surface area contributed by atoms with Gasteiger partial charge in [0, 0.05) is 12.0 Å². The number of esters is 1. The quantitative estimate of drug-likeness (QED) is 0.777. The van der Waals surface area contributed by atoms with E-state index in [1.807, 2.05) is 53.5 Å². The van der Waals surface area contributed by atoms with Gasteiger partial charge in [0.05, 0.1) is 19.2 Å². The highest BCUT2D eigenvalue weighted by Crippen LogP contribution is 2.21. The lowest BCUT2D eigenvalue weighted by molar-refractivity contribution is -0.146. The van der Waals surface area contributed by atoms with Crippen molar-refractivity contribution in [2.75, 3.05) is 19.9 Å². The summed E-state index contributed by atoms with van der Waals surface area (Å²) in [6.45, 7) is 1.13. The van der Waals surface area contributed by atoms with Crippen molar-refractivity contribution < 1.29 is 19.1 Å². The fraction of sp³-hybridized carbons (Fsp3) is 0.333. The lowest BCUT2D eigenvalue weighted by Crippen LogP contribution is -2.39. The van der Waals surface area contributed by atoms with E-state index in [1.165, 1.54) is 0 Å². The van der Waals surface area contributed by atoms with Gasteiger partial charge in [0.25, 0.3) is 0 Å². The Balaban J connectivity index is 1.56. The molecule has 1 atom stereocenters. The third-order valence-corrected chi connectivity index (χ3v) is 3.94. The lowest BCUT2D eigenvalue weighted by Gasteiger charge is -2.23. The number of rotatable bonds is 5. The van der Waals surface area contributed by atoms with Gasteiger partial charge in [0.1, 0.15) is 13.3 Å². The molecule has 1 aromatic carbocycles.